The molecule has 1 aliphatic rings. The Morgan fingerprint density at radius 2 is 1.90 bits per heavy atom. The quantitative estimate of drug-likeness (QED) is 0.682. The fourth-order valence-electron chi connectivity index (χ4n) is 3.86. The third-order valence-electron chi connectivity index (χ3n) is 5.64. The standard InChI is InChI=1S/C23H25N3O2S/c1-4-18(17-10-6-5-7-11-17)23(27)24-22-19-13-29(28)14-20(19)25-26(22)21-12-8-9-15(2)16(21)3/h5-12,18H,4,13-14H2,1-3H3,(H,24,27)/t18-,29+/m1/s1. The van der Waals surface area contributed by atoms with Crippen molar-refractivity contribution >= 4 is 22.5 Å². The van der Waals surface area contributed by atoms with Crippen LogP contribution in [0.1, 0.15) is 47.2 Å². The maximum atomic E-state index is 13.2. The van der Waals surface area contributed by atoms with Crippen LogP contribution < -0.4 is 5.32 Å². The Morgan fingerprint density at radius 3 is 2.62 bits per heavy atom. The van der Waals surface area contributed by atoms with Gasteiger partial charge in [0.2, 0.25) is 5.91 Å². The number of hydrogen-bond donors (Lipinski definition) is 1. The van der Waals surface area contributed by atoms with E-state index in [0.29, 0.717) is 23.7 Å². The lowest BCUT2D eigenvalue weighted by molar-refractivity contribution is -0.117. The minimum Gasteiger partial charge on any atom is -0.310 e. The normalized spacial score (nSPS) is 16.4. The van der Waals surface area contributed by atoms with Crippen LogP contribution >= 0.6 is 0 Å². The summed E-state index contributed by atoms with van der Waals surface area (Å²) >= 11 is 0. The molecule has 2 aromatic carbocycles. The molecule has 1 aliphatic heterocycles. The van der Waals surface area contributed by atoms with E-state index in [4.69, 9.17) is 5.10 Å². The zero-order valence-electron chi connectivity index (χ0n) is 16.9. The van der Waals surface area contributed by atoms with Gasteiger partial charge in [-0.3, -0.25) is 9.00 Å². The minimum absolute atomic E-state index is 0.0642. The van der Waals surface area contributed by atoms with Gasteiger partial charge >= 0.3 is 0 Å². The topological polar surface area (TPSA) is 64.0 Å². The van der Waals surface area contributed by atoms with E-state index < -0.39 is 10.8 Å². The molecule has 29 heavy (non-hydrogen) atoms. The summed E-state index contributed by atoms with van der Waals surface area (Å²) in [6, 6.07) is 15.9. The van der Waals surface area contributed by atoms with Crippen molar-refractivity contribution in [3.63, 3.8) is 0 Å². The number of carbonyl (C=O) groups is 1. The van der Waals surface area contributed by atoms with Gasteiger partial charge in [0, 0.05) is 16.4 Å². The molecule has 2 heterocycles. The van der Waals surface area contributed by atoms with Gasteiger partial charge in [0.15, 0.2) is 0 Å². The van der Waals surface area contributed by atoms with Gasteiger partial charge in [-0.2, -0.15) is 5.10 Å². The van der Waals surface area contributed by atoms with Crippen molar-refractivity contribution in [2.75, 3.05) is 5.32 Å². The summed E-state index contributed by atoms with van der Waals surface area (Å²) in [6.45, 7) is 6.13. The number of carbonyl (C=O) groups excluding carboxylic acids is 1. The number of benzene rings is 2. The highest BCUT2D eigenvalue weighted by Crippen LogP contribution is 2.33. The van der Waals surface area contributed by atoms with Crippen molar-refractivity contribution in [1.29, 1.82) is 0 Å². The fourth-order valence-corrected chi connectivity index (χ4v) is 5.12. The van der Waals surface area contributed by atoms with E-state index in [2.05, 4.69) is 25.2 Å². The van der Waals surface area contributed by atoms with E-state index in [1.54, 1.807) is 0 Å². The Morgan fingerprint density at radius 1 is 1.14 bits per heavy atom. The molecule has 1 N–H and O–H groups in total. The summed E-state index contributed by atoms with van der Waals surface area (Å²) in [7, 11) is -0.963. The van der Waals surface area contributed by atoms with E-state index in [1.807, 2.05) is 54.1 Å². The van der Waals surface area contributed by atoms with Gasteiger partial charge in [0.1, 0.15) is 5.82 Å². The molecule has 0 unspecified atom stereocenters. The number of aromatic nitrogens is 2. The second-order valence-electron chi connectivity index (χ2n) is 7.49. The maximum absolute atomic E-state index is 13.2. The van der Waals surface area contributed by atoms with E-state index in [9.17, 15) is 9.00 Å². The van der Waals surface area contributed by atoms with Crippen LogP contribution in [0.15, 0.2) is 48.5 Å². The molecule has 0 fully saturated rings. The van der Waals surface area contributed by atoms with E-state index in [-0.39, 0.29) is 11.8 Å². The Labute approximate surface area is 173 Å². The number of nitrogens with one attached hydrogen (secondary N) is 1. The van der Waals surface area contributed by atoms with Crippen LogP contribution in [0.5, 0.6) is 0 Å². The molecule has 0 bridgehead atoms. The van der Waals surface area contributed by atoms with Gasteiger partial charge in [-0.05, 0) is 43.0 Å². The Balaban J connectivity index is 1.76. The van der Waals surface area contributed by atoms with Crippen LogP contribution in [0, 0.1) is 13.8 Å². The van der Waals surface area contributed by atoms with Crippen LogP contribution in [-0.4, -0.2) is 19.9 Å². The lowest BCUT2D eigenvalue weighted by Gasteiger charge is -2.18. The summed E-state index contributed by atoms with van der Waals surface area (Å²) < 4.78 is 13.9. The highest BCUT2D eigenvalue weighted by Gasteiger charge is 2.30. The number of hydrogen-bond acceptors (Lipinski definition) is 3. The molecular weight excluding hydrogens is 382 g/mol. The number of aryl methyl sites for hydroxylation is 1. The number of anilines is 1. The lowest BCUT2D eigenvalue weighted by Crippen LogP contribution is -2.23. The molecule has 150 valence electrons. The Hall–Kier alpha value is -2.73. The predicted octanol–water partition coefficient (Wildman–Crippen LogP) is 4.38. The van der Waals surface area contributed by atoms with Crippen molar-refractivity contribution < 1.29 is 9.00 Å². The van der Waals surface area contributed by atoms with Crippen molar-refractivity contribution in [2.24, 2.45) is 0 Å². The summed E-state index contributed by atoms with van der Waals surface area (Å²) in [4.78, 5) is 13.2. The fraction of sp³-hybridized carbons (Fsp3) is 0.304. The number of amides is 1. The third-order valence-corrected chi connectivity index (χ3v) is 6.85. The molecule has 4 rings (SSSR count). The maximum Gasteiger partial charge on any atom is 0.233 e. The first-order chi connectivity index (χ1) is 14.0. The number of rotatable bonds is 5. The summed E-state index contributed by atoms with van der Waals surface area (Å²) in [6.07, 6.45) is 0.696. The first-order valence-electron chi connectivity index (χ1n) is 9.87. The molecule has 0 saturated heterocycles. The van der Waals surface area contributed by atoms with E-state index in [1.165, 1.54) is 0 Å². The number of fused-ring (bicyclic) bond motifs is 1. The van der Waals surface area contributed by atoms with Gasteiger partial charge in [-0.15, -0.1) is 0 Å². The third kappa shape index (κ3) is 3.65. The second-order valence-corrected chi connectivity index (χ2v) is 8.95. The predicted molar refractivity (Wildman–Crippen MR) is 117 cm³/mol. The van der Waals surface area contributed by atoms with Gasteiger partial charge in [-0.1, -0.05) is 49.4 Å². The van der Waals surface area contributed by atoms with Crippen LogP contribution in [0.3, 0.4) is 0 Å². The molecule has 0 saturated carbocycles. The molecule has 0 aliphatic carbocycles. The zero-order chi connectivity index (χ0) is 20.5. The Kier molecular flexibility index (Phi) is 5.37. The van der Waals surface area contributed by atoms with Crippen molar-refractivity contribution in [1.82, 2.24) is 9.78 Å². The second kappa shape index (κ2) is 7.95. The monoisotopic (exact) mass is 407 g/mol. The minimum atomic E-state index is -0.963. The Bertz CT molecular complexity index is 1090. The largest absolute Gasteiger partial charge is 0.310 e. The molecule has 6 heteroatoms. The first-order valence-corrected chi connectivity index (χ1v) is 11.4. The lowest BCUT2D eigenvalue weighted by atomic mass is 9.95. The molecular formula is C23H25N3O2S. The van der Waals surface area contributed by atoms with Crippen molar-refractivity contribution in [3.05, 3.63) is 76.5 Å². The molecule has 0 radical (unpaired) electrons. The summed E-state index contributed by atoms with van der Waals surface area (Å²) in [5.41, 5.74) is 5.90. The van der Waals surface area contributed by atoms with E-state index in [0.717, 1.165) is 33.6 Å². The smallest absolute Gasteiger partial charge is 0.233 e. The zero-order valence-corrected chi connectivity index (χ0v) is 17.8. The average Bonchev–Trinajstić information content (AvgIpc) is 3.22. The van der Waals surface area contributed by atoms with E-state index >= 15 is 0 Å². The summed E-state index contributed by atoms with van der Waals surface area (Å²) in [5.74, 6) is 1.20. The van der Waals surface area contributed by atoms with Crippen molar-refractivity contribution in [2.45, 2.75) is 44.6 Å². The SMILES string of the molecule is CC[C@@H](C(=O)Nc1c2c(nn1-c1cccc(C)c1C)C[S@@](=O)C2)c1ccccc1. The van der Waals surface area contributed by atoms with Gasteiger partial charge < -0.3 is 5.32 Å². The molecule has 1 aromatic heterocycles. The molecule has 3 aromatic rings. The van der Waals surface area contributed by atoms with Crippen LogP contribution in [-0.2, 0) is 27.1 Å². The highest BCUT2D eigenvalue weighted by atomic mass is 32.2. The first kappa shape index (κ1) is 19.6. The number of nitrogens with zero attached hydrogens (tertiary/aromatic N) is 2. The van der Waals surface area contributed by atoms with Crippen LogP contribution in [0.25, 0.3) is 5.69 Å². The molecule has 2 atom stereocenters. The molecule has 0 spiro atoms. The van der Waals surface area contributed by atoms with Crippen LogP contribution in [0.2, 0.25) is 0 Å². The summed E-state index contributed by atoms with van der Waals surface area (Å²) in [5, 5.41) is 7.87. The highest BCUT2D eigenvalue weighted by molar-refractivity contribution is 7.83. The average molecular weight is 408 g/mol. The molecule has 1 amide bonds. The van der Waals surface area contributed by atoms with Crippen molar-refractivity contribution in [3.8, 4) is 5.69 Å². The molecule has 5 nitrogen and oxygen atoms in total. The van der Waals surface area contributed by atoms with Gasteiger partial charge in [-0.25, -0.2) is 4.68 Å². The van der Waals surface area contributed by atoms with Crippen LogP contribution in [0.4, 0.5) is 5.82 Å². The van der Waals surface area contributed by atoms with Gasteiger partial charge in [0.05, 0.1) is 28.8 Å². The van der Waals surface area contributed by atoms with Gasteiger partial charge in [0.25, 0.3) is 0 Å².